The van der Waals surface area contributed by atoms with E-state index in [1.54, 1.807) is 0 Å². The summed E-state index contributed by atoms with van der Waals surface area (Å²) in [5, 5.41) is 8.41. The molecule has 0 radical (unpaired) electrons. The molecule has 0 N–H and O–H groups in total. The molecule has 0 saturated carbocycles. The molecule has 0 aliphatic carbocycles. The predicted molar refractivity (Wildman–Crippen MR) is 57.0 cm³/mol. The summed E-state index contributed by atoms with van der Waals surface area (Å²) in [5.41, 5.74) is 0. The second-order valence-electron chi connectivity index (χ2n) is 2.48. The molecule has 1 heterocycles. The minimum atomic E-state index is -0.106. The molecule has 0 aliphatic heterocycles. The standard InChI is InChI=1S/C9H12N2.2ClH.Pd/c10-6-2-5-9-11-7-3-1-4-8-11;;;/h1,3-4,6-8H,2,5,9H2;2*1H;/q;;;+2/p-2. The first-order chi connectivity index (χ1) is 6.85. The summed E-state index contributed by atoms with van der Waals surface area (Å²) < 4.78 is 2.10. The third kappa shape index (κ3) is 8.65. The Morgan fingerprint density at radius 3 is 2.29 bits per heavy atom. The third-order valence-corrected chi connectivity index (χ3v) is 1.53. The Balaban J connectivity index is 0.000000500. The molecular formula is C9H12Cl2N2Pd. The molecule has 0 amide bonds. The summed E-state index contributed by atoms with van der Waals surface area (Å²) in [6.45, 7) is 0.970. The molecule has 1 aromatic heterocycles. The molecule has 1 aromatic rings. The first-order valence-corrected chi connectivity index (χ1v) is 8.08. The van der Waals surface area contributed by atoms with Crippen molar-refractivity contribution in [3.05, 3.63) is 36.0 Å². The van der Waals surface area contributed by atoms with Gasteiger partial charge in [0.2, 0.25) is 0 Å². The molecule has 14 heavy (non-hydrogen) atoms. The number of aryl methyl sites for hydroxylation is 1. The van der Waals surface area contributed by atoms with E-state index in [4.69, 9.17) is 24.5 Å². The zero-order valence-electron chi connectivity index (χ0n) is 7.55. The van der Waals surface area contributed by atoms with Gasteiger partial charge < -0.3 is 5.41 Å². The van der Waals surface area contributed by atoms with E-state index in [0.29, 0.717) is 0 Å². The SMILES string of the molecule is [Cl][Pd][Cl].[N-]=CCCC[n+]1ccccc1. The van der Waals surface area contributed by atoms with Crippen molar-refractivity contribution in [3.63, 3.8) is 0 Å². The predicted octanol–water partition coefficient (Wildman–Crippen LogP) is 2.77. The topological polar surface area (TPSA) is 26.2 Å². The van der Waals surface area contributed by atoms with Crippen LogP contribution in [0.2, 0.25) is 0 Å². The second kappa shape index (κ2) is 11.1. The molecule has 0 aliphatic rings. The number of pyridine rings is 1. The Morgan fingerprint density at radius 1 is 1.21 bits per heavy atom. The van der Waals surface area contributed by atoms with Crippen molar-refractivity contribution < 1.29 is 20.5 Å². The van der Waals surface area contributed by atoms with Crippen LogP contribution >= 0.6 is 19.1 Å². The van der Waals surface area contributed by atoms with Gasteiger partial charge in [-0.25, -0.2) is 10.8 Å². The van der Waals surface area contributed by atoms with Gasteiger partial charge in [0.15, 0.2) is 12.4 Å². The first-order valence-electron chi connectivity index (χ1n) is 4.07. The van der Waals surface area contributed by atoms with Crippen molar-refractivity contribution in [1.29, 1.82) is 0 Å². The summed E-state index contributed by atoms with van der Waals surface area (Å²) in [6, 6.07) is 6.00. The molecular weight excluding hydrogens is 313 g/mol. The van der Waals surface area contributed by atoms with Crippen LogP contribution in [0.4, 0.5) is 0 Å². The van der Waals surface area contributed by atoms with Gasteiger partial charge in [-0.1, -0.05) is 12.5 Å². The largest absolute Gasteiger partial charge is 0.814 e. The number of nitrogens with zero attached hydrogens (tertiary/aromatic N) is 2. The minimum Gasteiger partial charge on any atom is -0.814 e. The fourth-order valence-electron chi connectivity index (χ4n) is 0.949. The van der Waals surface area contributed by atoms with Gasteiger partial charge in [-0.15, -0.1) is 0 Å². The number of hydrogen-bond acceptors (Lipinski definition) is 0. The smallest absolute Gasteiger partial charge is 0.168 e. The summed E-state index contributed by atoms with van der Waals surface area (Å²) in [4.78, 5) is 0. The Bertz CT molecular complexity index is 232. The summed E-state index contributed by atoms with van der Waals surface area (Å²) in [7, 11) is 9.63. The Morgan fingerprint density at radius 2 is 1.79 bits per heavy atom. The van der Waals surface area contributed by atoms with Crippen LogP contribution in [-0.2, 0) is 22.5 Å². The second-order valence-corrected chi connectivity index (χ2v) is 4.84. The molecule has 0 aromatic carbocycles. The fraction of sp³-hybridized carbons (Fsp3) is 0.333. The van der Waals surface area contributed by atoms with Crippen LogP contribution in [0.1, 0.15) is 12.8 Å². The van der Waals surface area contributed by atoms with Gasteiger partial charge >= 0.3 is 35.0 Å². The van der Waals surface area contributed by atoms with Gasteiger partial charge in [0.1, 0.15) is 6.54 Å². The Hall–Kier alpha value is 0.0623. The van der Waals surface area contributed by atoms with E-state index >= 15 is 0 Å². The van der Waals surface area contributed by atoms with E-state index in [1.807, 2.05) is 30.6 Å². The van der Waals surface area contributed by atoms with Crippen LogP contribution in [0.15, 0.2) is 30.6 Å². The van der Waals surface area contributed by atoms with E-state index in [9.17, 15) is 0 Å². The van der Waals surface area contributed by atoms with Crippen LogP contribution in [0.25, 0.3) is 5.41 Å². The van der Waals surface area contributed by atoms with Gasteiger partial charge in [-0.3, -0.25) is 0 Å². The third-order valence-electron chi connectivity index (χ3n) is 1.53. The quantitative estimate of drug-likeness (QED) is 0.352. The molecule has 1 rings (SSSR count). The van der Waals surface area contributed by atoms with E-state index in [1.165, 1.54) is 6.21 Å². The Labute approximate surface area is 101 Å². The molecule has 0 unspecified atom stereocenters. The molecule has 0 spiro atoms. The van der Waals surface area contributed by atoms with Crippen LogP contribution in [0.5, 0.6) is 0 Å². The number of halogens is 2. The average molecular weight is 326 g/mol. The van der Waals surface area contributed by atoms with Crippen molar-refractivity contribution in [1.82, 2.24) is 0 Å². The van der Waals surface area contributed by atoms with Crippen molar-refractivity contribution in [2.24, 2.45) is 0 Å². The molecule has 2 nitrogen and oxygen atoms in total. The van der Waals surface area contributed by atoms with Gasteiger partial charge in [0.05, 0.1) is 0 Å². The summed E-state index contributed by atoms with van der Waals surface area (Å²) in [6.07, 6.45) is 7.02. The van der Waals surface area contributed by atoms with E-state index in [0.717, 1.165) is 19.4 Å². The zero-order chi connectivity index (χ0) is 10.6. The van der Waals surface area contributed by atoms with Gasteiger partial charge in [0, 0.05) is 18.6 Å². The van der Waals surface area contributed by atoms with Crippen molar-refractivity contribution in [3.8, 4) is 0 Å². The van der Waals surface area contributed by atoms with E-state index < -0.39 is 0 Å². The van der Waals surface area contributed by atoms with Crippen LogP contribution in [0.3, 0.4) is 0 Å². The number of rotatable bonds is 4. The minimum absolute atomic E-state index is 0.106. The van der Waals surface area contributed by atoms with Crippen LogP contribution in [0, 0.1) is 0 Å². The summed E-state index contributed by atoms with van der Waals surface area (Å²) >= 11 is -0.106. The Kier molecular flexibility index (Phi) is 11.2. The molecule has 0 saturated heterocycles. The van der Waals surface area contributed by atoms with Crippen LogP contribution < -0.4 is 4.57 Å². The van der Waals surface area contributed by atoms with E-state index in [-0.39, 0.29) is 15.9 Å². The van der Waals surface area contributed by atoms with Gasteiger partial charge in [-0.2, -0.15) is 0 Å². The van der Waals surface area contributed by atoms with Gasteiger partial charge in [-0.05, 0) is 0 Å². The number of hydrogen-bond donors (Lipinski definition) is 0. The van der Waals surface area contributed by atoms with Crippen molar-refractivity contribution in [2.75, 3.05) is 0 Å². The number of aromatic nitrogens is 1. The molecule has 0 atom stereocenters. The van der Waals surface area contributed by atoms with Crippen molar-refractivity contribution >= 4 is 25.3 Å². The fourth-order valence-corrected chi connectivity index (χ4v) is 0.949. The molecule has 0 fully saturated rings. The monoisotopic (exact) mass is 324 g/mol. The van der Waals surface area contributed by atoms with Crippen molar-refractivity contribution in [2.45, 2.75) is 19.4 Å². The van der Waals surface area contributed by atoms with Gasteiger partial charge in [0.25, 0.3) is 0 Å². The maximum atomic E-state index is 8.41. The maximum absolute atomic E-state index is 8.41. The molecule has 82 valence electrons. The maximum Gasteiger partial charge on any atom is 0.168 e. The summed E-state index contributed by atoms with van der Waals surface area (Å²) in [5.74, 6) is 0. The molecule has 5 heteroatoms. The van der Waals surface area contributed by atoms with Crippen LogP contribution in [-0.4, -0.2) is 6.21 Å². The molecule has 0 bridgehead atoms. The zero-order valence-corrected chi connectivity index (χ0v) is 10.6. The number of unbranched alkanes of at least 4 members (excludes halogenated alkanes) is 1. The first kappa shape index (κ1) is 14.1. The van der Waals surface area contributed by atoms with E-state index in [2.05, 4.69) is 4.57 Å². The average Bonchev–Trinajstić information content (AvgIpc) is 2.21. The normalized spacial score (nSPS) is 9.00.